The Balaban J connectivity index is 1.96. The molecule has 0 radical (unpaired) electrons. The highest BCUT2D eigenvalue weighted by Gasteiger charge is 2.35. The van der Waals surface area contributed by atoms with Crippen LogP contribution in [0.2, 0.25) is 0 Å². The number of likely N-dealkylation sites (tertiary alicyclic amines) is 1. The van der Waals surface area contributed by atoms with E-state index >= 15 is 0 Å². The molecule has 0 spiro atoms. The summed E-state index contributed by atoms with van der Waals surface area (Å²) in [5.41, 5.74) is 0.579. The van der Waals surface area contributed by atoms with Gasteiger partial charge in [-0.05, 0) is 56.3 Å². The summed E-state index contributed by atoms with van der Waals surface area (Å²) in [6.45, 7) is 14.7. The second-order valence-corrected chi connectivity index (χ2v) is 6.80. The number of rotatable bonds is 1. The Hall–Kier alpha value is -0.0800. The van der Waals surface area contributed by atoms with Crippen LogP contribution in [0, 0.1) is 17.3 Å². The van der Waals surface area contributed by atoms with E-state index in [0.717, 1.165) is 17.9 Å². The van der Waals surface area contributed by atoms with E-state index in [-0.39, 0.29) is 0 Å². The van der Waals surface area contributed by atoms with E-state index in [0.29, 0.717) is 5.41 Å². The molecule has 2 nitrogen and oxygen atoms in total. The number of nitrogens with zero attached hydrogens (tertiary/aromatic N) is 1. The maximum atomic E-state index is 3.54. The smallest absolute Gasteiger partial charge is 0.0171 e. The fourth-order valence-electron chi connectivity index (χ4n) is 3.49. The molecule has 2 heteroatoms. The Bertz CT molecular complexity index is 217. The lowest BCUT2D eigenvalue weighted by molar-refractivity contribution is 0.0302. The number of piperidine rings is 2. The van der Waals surface area contributed by atoms with Crippen molar-refractivity contribution in [1.82, 2.24) is 10.2 Å². The molecule has 2 heterocycles. The number of hydrogen-bond donors (Lipinski definition) is 1. The summed E-state index contributed by atoms with van der Waals surface area (Å²) in [5, 5.41) is 3.54. The van der Waals surface area contributed by atoms with E-state index < -0.39 is 0 Å². The minimum absolute atomic E-state index is 0.579. The molecule has 94 valence electrons. The van der Waals surface area contributed by atoms with Gasteiger partial charge in [-0.1, -0.05) is 27.7 Å². The quantitative estimate of drug-likeness (QED) is 0.735. The van der Waals surface area contributed by atoms with Gasteiger partial charge in [-0.3, -0.25) is 4.90 Å². The predicted octanol–water partition coefficient (Wildman–Crippen LogP) is 2.35. The van der Waals surface area contributed by atoms with Gasteiger partial charge in [0.25, 0.3) is 0 Å². The molecule has 0 aromatic heterocycles. The zero-order valence-electron chi connectivity index (χ0n) is 11.4. The fourth-order valence-corrected chi connectivity index (χ4v) is 3.49. The van der Waals surface area contributed by atoms with Crippen molar-refractivity contribution in [2.45, 2.75) is 46.6 Å². The standard InChI is InChI=1S/C14H28N2/c1-11-9-15-10-12(2)13(11)16-7-5-14(3,4)6-8-16/h11-13,15H,5-10H2,1-4H3. The van der Waals surface area contributed by atoms with Crippen LogP contribution in [0.1, 0.15) is 40.5 Å². The van der Waals surface area contributed by atoms with Crippen molar-refractivity contribution in [3.63, 3.8) is 0 Å². The molecule has 0 saturated carbocycles. The molecule has 0 aromatic carbocycles. The first-order chi connectivity index (χ1) is 7.49. The van der Waals surface area contributed by atoms with Crippen molar-refractivity contribution < 1.29 is 0 Å². The number of hydrogen-bond acceptors (Lipinski definition) is 2. The van der Waals surface area contributed by atoms with Crippen molar-refractivity contribution in [2.75, 3.05) is 26.2 Å². The average molecular weight is 224 g/mol. The van der Waals surface area contributed by atoms with Crippen LogP contribution in [0.5, 0.6) is 0 Å². The molecule has 0 aliphatic carbocycles. The van der Waals surface area contributed by atoms with E-state index in [1.54, 1.807) is 0 Å². The van der Waals surface area contributed by atoms with Crippen LogP contribution >= 0.6 is 0 Å². The van der Waals surface area contributed by atoms with Gasteiger partial charge in [0.15, 0.2) is 0 Å². The lowest BCUT2D eigenvalue weighted by Gasteiger charge is -2.47. The van der Waals surface area contributed by atoms with E-state index in [9.17, 15) is 0 Å². The fraction of sp³-hybridized carbons (Fsp3) is 1.00. The molecule has 2 rings (SSSR count). The van der Waals surface area contributed by atoms with E-state index in [1.807, 2.05) is 0 Å². The van der Waals surface area contributed by atoms with Gasteiger partial charge < -0.3 is 5.32 Å². The van der Waals surface area contributed by atoms with Gasteiger partial charge in [-0.25, -0.2) is 0 Å². The Morgan fingerprint density at radius 3 is 2.00 bits per heavy atom. The first kappa shape index (κ1) is 12.4. The van der Waals surface area contributed by atoms with Crippen LogP contribution in [0.25, 0.3) is 0 Å². The van der Waals surface area contributed by atoms with E-state index in [4.69, 9.17) is 0 Å². The second-order valence-electron chi connectivity index (χ2n) is 6.80. The topological polar surface area (TPSA) is 15.3 Å². The third-order valence-electron chi connectivity index (χ3n) is 4.67. The molecule has 0 amide bonds. The lowest BCUT2D eigenvalue weighted by Crippen LogP contribution is -2.56. The molecule has 2 fully saturated rings. The summed E-state index contributed by atoms with van der Waals surface area (Å²) in [4.78, 5) is 2.77. The normalized spacial score (nSPS) is 40.9. The molecule has 2 aliphatic heterocycles. The first-order valence-corrected chi connectivity index (χ1v) is 6.94. The summed E-state index contributed by atoms with van der Waals surface area (Å²) >= 11 is 0. The van der Waals surface area contributed by atoms with Crippen LogP contribution in [-0.4, -0.2) is 37.1 Å². The predicted molar refractivity (Wildman–Crippen MR) is 69.6 cm³/mol. The van der Waals surface area contributed by atoms with Gasteiger partial charge in [-0.15, -0.1) is 0 Å². The van der Waals surface area contributed by atoms with Crippen LogP contribution in [0.4, 0.5) is 0 Å². The maximum absolute atomic E-state index is 3.54. The second kappa shape index (κ2) is 4.66. The zero-order chi connectivity index (χ0) is 11.8. The van der Waals surface area contributed by atoms with Crippen molar-refractivity contribution in [2.24, 2.45) is 17.3 Å². The lowest BCUT2D eigenvalue weighted by atomic mass is 9.79. The summed E-state index contributed by atoms with van der Waals surface area (Å²) in [5.74, 6) is 1.62. The molecule has 0 bridgehead atoms. The largest absolute Gasteiger partial charge is 0.316 e. The highest BCUT2D eigenvalue weighted by atomic mass is 15.2. The van der Waals surface area contributed by atoms with Crippen molar-refractivity contribution >= 4 is 0 Å². The minimum atomic E-state index is 0.579. The summed E-state index contributed by atoms with van der Waals surface area (Å²) in [6, 6.07) is 0.817. The molecular formula is C14H28N2. The molecule has 0 aromatic rings. The van der Waals surface area contributed by atoms with Crippen LogP contribution in [-0.2, 0) is 0 Å². The van der Waals surface area contributed by atoms with Gasteiger partial charge in [0.2, 0.25) is 0 Å². The first-order valence-electron chi connectivity index (χ1n) is 6.94. The average Bonchev–Trinajstić information content (AvgIpc) is 2.20. The Labute approximate surface area is 101 Å². The summed E-state index contributed by atoms with van der Waals surface area (Å²) in [7, 11) is 0. The van der Waals surface area contributed by atoms with Crippen LogP contribution < -0.4 is 5.32 Å². The van der Waals surface area contributed by atoms with E-state index in [2.05, 4.69) is 37.9 Å². The van der Waals surface area contributed by atoms with Gasteiger partial charge in [0, 0.05) is 6.04 Å². The Morgan fingerprint density at radius 1 is 1.00 bits per heavy atom. The summed E-state index contributed by atoms with van der Waals surface area (Å²) in [6.07, 6.45) is 2.74. The molecule has 1 N–H and O–H groups in total. The van der Waals surface area contributed by atoms with Gasteiger partial charge in [-0.2, -0.15) is 0 Å². The van der Waals surface area contributed by atoms with Crippen molar-refractivity contribution in [3.8, 4) is 0 Å². The molecule has 2 atom stereocenters. The monoisotopic (exact) mass is 224 g/mol. The molecule has 2 saturated heterocycles. The van der Waals surface area contributed by atoms with E-state index in [1.165, 1.54) is 39.0 Å². The van der Waals surface area contributed by atoms with Gasteiger partial charge >= 0.3 is 0 Å². The molecule has 2 aliphatic rings. The Kier molecular flexibility index (Phi) is 3.60. The zero-order valence-corrected chi connectivity index (χ0v) is 11.4. The third-order valence-corrected chi connectivity index (χ3v) is 4.67. The minimum Gasteiger partial charge on any atom is -0.316 e. The van der Waals surface area contributed by atoms with Gasteiger partial charge in [0.1, 0.15) is 0 Å². The third kappa shape index (κ3) is 2.60. The van der Waals surface area contributed by atoms with Crippen LogP contribution in [0.15, 0.2) is 0 Å². The summed E-state index contributed by atoms with van der Waals surface area (Å²) < 4.78 is 0. The molecular weight excluding hydrogens is 196 g/mol. The molecule has 16 heavy (non-hydrogen) atoms. The van der Waals surface area contributed by atoms with Crippen molar-refractivity contribution in [1.29, 1.82) is 0 Å². The van der Waals surface area contributed by atoms with Crippen molar-refractivity contribution in [3.05, 3.63) is 0 Å². The Morgan fingerprint density at radius 2 is 1.50 bits per heavy atom. The highest BCUT2D eigenvalue weighted by molar-refractivity contribution is 4.91. The number of nitrogens with one attached hydrogen (secondary N) is 1. The molecule has 2 unspecified atom stereocenters. The SMILES string of the molecule is CC1CNCC(C)C1N1CCC(C)(C)CC1. The van der Waals surface area contributed by atoms with Gasteiger partial charge in [0.05, 0.1) is 0 Å². The maximum Gasteiger partial charge on any atom is 0.0171 e. The van der Waals surface area contributed by atoms with Crippen LogP contribution in [0.3, 0.4) is 0 Å². The highest BCUT2D eigenvalue weighted by Crippen LogP contribution is 2.33.